The molecule has 0 aliphatic carbocycles. The quantitative estimate of drug-likeness (QED) is 0.583. The molecule has 0 bridgehead atoms. The first-order valence-electron chi connectivity index (χ1n) is 3.62. The summed E-state index contributed by atoms with van der Waals surface area (Å²) < 4.78 is 0. The van der Waals surface area contributed by atoms with Gasteiger partial charge in [-0.1, -0.05) is 12.5 Å². The summed E-state index contributed by atoms with van der Waals surface area (Å²) >= 11 is 1.79. The normalized spacial score (nSPS) is 34.8. The molecular formula is C8H14OS. The summed E-state index contributed by atoms with van der Waals surface area (Å²) in [6.07, 6.45) is 0.730. The Morgan fingerprint density at radius 3 is 2.60 bits per heavy atom. The maximum absolute atomic E-state index is 9.41. The van der Waals surface area contributed by atoms with E-state index in [2.05, 4.69) is 20.8 Å². The van der Waals surface area contributed by atoms with E-state index in [1.54, 1.807) is 11.8 Å². The molecule has 0 fully saturated rings. The van der Waals surface area contributed by atoms with Crippen LogP contribution in [0.3, 0.4) is 0 Å². The van der Waals surface area contributed by atoms with Crippen molar-refractivity contribution in [2.24, 2.45) is 0 Å². The maximum Gasteiger partial charge on any atom is 0.0696 e. The number of rotatable bonds is 0. The Balaban J connectivity index is 2.69. The predicted octanol–water partition coefficient (Wildman–Crippen LogP) is 2.17. The van der Waals surface area contributed by atoms with E-state index in [0.717, 1.165) is 6.42 Å². The molecule has 2 heteroatoms. The molecule has 0 saturated heterocycles. The summed E-state index contributed by atoms with van der Waals surface area (Å²) in [5, 5.41) is 9.79. The van der Waals surface area contributed by atoms with Gasteiger partial charge in [-0.25, -0.2) is 0 Å². The summed E-state index contributed by atoms with van der Waals surface area (Å²) in [5.41, 5.74) is 1.34. The number of aliphatic hydroxyl groups is 1. The van der Waals surface area contributed by atoms with Crippen molar-refractivity contribution in [3.05, 3.63) is 10.5 Å². The van der Waals surface area contributed by atoms with Gasteiger partial charge in [0.15, 0.2) is 0 Å². The summed E-state index contributed by atoms with van der Waals surface area (Å²) in [6, 6.07) is 0. The second-order valence-electron chi connectivity index (χ2n) is 2.93. The zero-order chi connectivity index (χ0) is 7.72. The third-order valence-electron chi connectivity index (χ3n) is 2.02. The molecule has 1 rings (SSSR count). The van der Waals surface area contributed by atoms with Crippen LogP contribution < -0.4 is 0 Å². The molecule has 1 nitrogen and oxygen atoms in total. The minimum absolute atomic E-state index is 0.131. The van der Waals surface area contributed by atoms with Crippen molar-refractivity contribution in [3.8, 4) is 0 Å². The highest BCUT2D eigenvalue weighted by Gasteiger charge is 2.21. The summed E-state index contributed by atoms with van der Waals surface area (Å²) in [7, 11) is 0. The molecule has 1 heterocycles. The van der Waals surface area contributed by atoms with E-state index in [0.29, 0.717) is 5.25 Å². The van der Waals surface area contributed by atoms with Gasteiger partial charge in [0, 0.05) is 5.25 Å². The van der Waals surface area contributed by atoms with Crippen LogP contribution in [-0.2, 0) is 0 Å². The van der Waals surface area contributed by atoms with Crippen LogP contribution in [0.2, 0.25) is 0 Å². The summed E-state index contributed by atoms with van der Waals surface area (Å²) in [6.45, 7) is 6.30. The molecule has 0 aromatic heterocycles. The molecule has 0 spiro atoms. The van der Waals surface area contributed by atoms with Gasteiger partial charge in [-0.3, -0.25) is 0 Å². The van der Waals surface area contributed by atoms with Gasteiger partial charge in [0.1, 0.15) is 0 Å². The molecule has 1 N–H and O–H groups in total. The van der Waals surface area contributed by atoms with E-state index >= 15 is 0 Å². The Morgan fingerprint density at radius 2 is 2.10 bits per heavy atom. The highest BCUT2D eigenvalue weighted by molar-refractivity contribution is 8.03. The smallest absolute Gasteiger partial charge is 0.0696 e. The Hall–Kier alpha value is 0.0500. The second kappa shape index (κ2) is 2.97. The van der Waals surface area contributed by atoms with Crippen molar-refractivity contribution in [2.75, 3.05) is 0 Å². The third kappa shape index (κ3) is 1.55. The van der Waals surface area contributed by atoms with Crippen LogP contribution in [0.4, 0.5) is 0 Å². The van der Waals surface area contributed by atoms with Crippen molar-refractivity contribution in [3.63, 3.8) is 0 Å². The fraction of sp³-hybridized carbons (Fsp3) is 0.750. The molecule has 1 aliphatic heterocycles. The topological polar surface area (TPSA) is 20.2 Å². The Morgan fingerprint density at radius 1 is 1.50 bits per heavy atom. The van der Waals surface area contributed by atoms with Crippen LogP contribution >= 0.6 is 11.8 Å². The molecular weight excluding hydrogens is 144 g/mol. The van der Waals surface area contributed by atoms with Gasteiger partial charge in [0.2, 0.25) is 0 Å². The van der Waals surface area contributed by atoms with Crippen LogP contribution in [0.1, 0.15) is 27.2 Å². The van der Waals surface area contributed by atoms with Crippen molar-refractivity contribution < 1.29 is 5.11 Å². The second-order valence-corrected chi connectivity index (χ2v) is 4.52. The summed E-state index contributed by atoms with van der Waals surface area (Å²) in [4.78, 5) is 1.39. The Labute approximate surface area is 66.5 Å². The van der Waals surface area contributed by atoms with E-state index in [1.165, 1.54) is 10.5 Å². The van der Waals surface area contributed by atoms with Crippen molar-refractivity contribution in [1.82, 2.24) is 0 Å². The van der Waals surface area contributed by atoms with E-state index in [-0.39, 0.29) is 6.10 Å². The number of aliphatic hydroxyl groups excluding tert-OH is 1. The molecule has 10 heavy (non-hydrogen) atoms. The zero-order valence-corrected chi connectivity index (χ0v) is 7.53. The van der Waals surface area contributed by atoms with Gasteiger partial charge < -0.3 is 5.11 Å². The molecule has 0 aromatic carbocycles. The van der Waals surface area contributed by atoms with Crippen LogP contribution in [-0.4, -0.2) is 16.5 Å². The summed E-state index contributed by atoms with van der Waals surface area (Å²) in [5.74, 6) is 0. The van der Waals surface area contributed by atoms with Crippen molar-refractivity contribution in [2.45, 2.75) is 38.5 Å². The lowest BCUT2D eigenvalue weighted by atomic mass is 10.1. The van der Waals surface area contributed by atoms with Gasteiger partial charge in [0.05, 0.1) is 6.10 Å². The average Bonchev–Trinajstić information content (AvgIpc) is 1.84. The molecule has 0 amide bonds. The highest BCUT2D eigenvalue weighted by Crippen LogP contribution is 2.34. The number of thioether (sulfide) groups is 1. The number of allylic oxidation sites excluding steroid dienone is 1. The molecule has 0 radical (unpaired) electrons. The fourth-order valence-electron chi connectivity index (χ4n) is 1.08. The van der Waals surface area contributed by atoms with Crippen molar-refractivity contribution >= 4 is 11.8 Å². The van der Waals surface area contributed by atoms with Crippen LogP contribution in [0.25, 0.3) is 0 Å². The SMILES string of the molecule is CC1=C(C)SC(C)C(O)C1. The average molecular weight is 158 g/mol. The molecule has 58 valence electrons. The fourth-order valence-corrected chi connectivity index (χ4v) is 2.18. The third-order valence-corrected chi connectivity index (χ3v) is 3.41. The molecule has 1 aliphatic rings. The molecule has 0 saturated carbocycles. The van der Waals surface area contributed by atoms with Gasteiger partial charge in [-0.15, -0.1) is 11.8 Å². The minimum atomic E-state index is -0.131. The van der Waals surface area contributed by atoms with Crippen LogP contribution in [0, 0.1) is 0 Å². The lowest BCUT2D eigenvalue weighted by Gasteiger charge is -2.25. The first-order chi connectivity index (χ1) is 4.61. The van der Waals surface area contributed by atoms with Crippen molar-refractivity contribution in [1.29, 1.82) is 0 Å². The standard InChI is InChI=1S/C8H14OS/c1-5-4-8(9)7(3)10-6(5)2/h7-9H,4H2,1-3H3. The van der Waals surface area contributed by atoms with E-state index < -0.39 is 0 Å². The first-order valence-corrected chi connectivity index (χ1v) is 4.50. The van der Waals surface area contributed by atoms with Crippen LogP contribution in [0.15, 0.2) is 10.5 Å². The van der Waals surface area contributed by atoms with E-state index in [1.807, 2.05) is 0 Å². The molecule has 0 aromatic rings. The monoisotopic (exact) mass is 158 g/mol. The Kier molecular flexibility index (Phi) is 2.42. The lowest BCUT2D eigenvalue weighted by Crippen LogP contribution is -2.23. The van der Waals surface area contributed by atoms with E-state index in [9.17, 15) is 5.11 Å². The van der Waals surface area contributed by atoms with Gasteiger partial charge in [0.25, 0.3) is 0 Å². The lowest BCUT2D eigenvalue weighted by molar-refractivity contribution is 0.174. The predicted molar refractivity (Wildman–Crippen MR) is 46.1 cm³/mol. The highest BCUT2D eigenvalue weighted by atomic mass is 32.2. The molecule has 2 atom stereocenters. The number of hydrogen-bond donors (Lipinski definition) is 1. The maximum atomic E-state index is 9.41. The first kappa shape index (κ1) is 8.15. The number of hydrogen-bond acceptors (Lipinski definition) is 2. The largest absolute Gasteiger partial charge is 0.392 e. The van der Waals surface area contributed by atoms with Gasteiger partial charge in [-0.2, -0.15) is 0 Å². The van der Waals surface area contributed by atoms with Gasteiger partial charge >= 0.3 is 0 Å². The minimum Gasteiger partial charge on any atom is -0.392 e. The molecule has 2 unspecified atom stereocenters. The van der Waals surface area contributed by atoms with Gasteiger partial charge in [-0.05, 0) is 25.2 Å². The van der Waals surface area contributed by atoms with E-state index in [4.69, 9.17) is 0 Å². The van der Waals surface area contributed by atoms with Crippen LogP contribution in [0.5, 0.6) is 0 Å². The Bertz CT molecular complexity index is 145. The zero-order valence-electron chi connectivity index (χ0n) is 6.72.